The minimum absolute atomic E-state index is 0.0267. The standard InChI is InChI=1S/C22H42N2O6/c1-8-9-23-18(25)10-16(2)29-14-21(4,5)11-19(26)24-13-17(3)30-15-22(6,7)12-20(27)28/h16-17H,8-15H2,1-7H3,(H,23,25)(H,24,26)(H,27,28). The van der Waals surface area contributed by atoms with Gasteiger partial charge in [0.25, 0.3) is 0 Å². The number of ether oxygens (including phenoxy) is 2. The van der Waals surface area contributed by atoms with Crippen LogP contribution in [0, 0.1) is 10.8 Å². The molecule has 3 N–H and O–H groups in total. The van der Waals surface area contributed by atoms with Gasteiger partial charge in [-0.2, -0.15) is 0 Å². The van der Waals surface area contributed by atoms with E-state index in [0.29, 0.717) is 39.1 Å². The average Bonchev–Trinajstić information content (AvgIpc) is 2.60. The van der Waals surface area contributed by atoms with Crippen LogP contribution in [0.15, 0.2) is 0 Å². The maximum absolute atomic E-state index is 12.3. The highest BCUT2D eigenvalue weighted by molar-refractivity contribution is 5.77. The maximum atomic E-state index is 12.3. The molecule has 8 heteroatoms. The molecule has 30 heavy (non-hydrogen) atoms. The first kappa shape index (κ1) is 28.3. The summed E-state index contributed by atoms with van der Waals surface area (Å²) in [5.74, 6) is -0.984. The third-order valence-electron chi connectivity index (χ3n) is 4.42. The van der Waals surface area contributed by atoms with Crippen LogP contribution in [0.2, 0.25) is 0 Å². The lowest BCUT2D eigenvalue weighted by Gasteiger charge is -2.27. The van der Waals surface area contributed by atoms with Crippen LogP contribution in [-0.4, -0.2) is 61.4 Å². The Hall–Kier alpha value is -1.67. The van der Waals surface area contributed by atoms with Crippen LogP contribution in [0.1, 0.15) is 74.1 Å². The molecular formula is C22H42N2O6. The number of aliphatic carboxylic acids is 1. The van der Waals surface area contributed by atoms with Gasteiger partial charge in [0, 0.05) is 19.5 Å². The lowest BCUT2D eigenvalue weighted by molar-refractivity contribution is -0.140. The van der Waals surface area contributed by atoms with Crippen molar-refractivity contribution in [2.24, 2.45) is 10.8 Å². The zero-order valence-corrected chi connectivity index (χ0v) is 19.8. The Kier molecular flexibility index (Phi) is 12.8. The molecule has 0 saturated carbocycles. The Balaban J connectivity index is 4.20. The van der Waals surface area contributed by atoms with Crippen LogP contribution in [0.5, 0.6) is 0 Å². The number of nitrogens with one attached hydrogen (secondary N) is 2. The van der Waals surface area contributed by atoms with Crippen molar-refractivity contribution in [2.45, 2.75) is 86.4 Å². The highest BCUT2D eigenvalue weighted by Gasteiger charge is 2.25. The molecule has 0 aromatic carbocycles. The van der Waals surface area contributed by atoms with Gasteiger partial charge in [-0.25, -0.2) is 0 Å². The molecule has 0 rings (SSSR count). The first-order chi connectivity index (χ1) is 13.8. The summed E-state index contributed by atoms with van der Waals surface area (Å²) < 4.78 is 11.5. The number of carboxylic acids is 1. The second-order valence-electron chi connectivity index (χ2n) is 9.68. The van der Waals surface area contributed by atoms with Gasteiger partial charge in [-0.1, -0.05) is 34.6 Å². The van der Waals surface area contributed by atoms with E-state index in [0.717, 1.165) is 6.42 Å². The number of hydrogen-bond donors (Lipinski definition) is 3. The maximum Gasteiger partial charge on any atom is 0.303 e. The van der Waals surface area contributed by atoms with Gasteiger partial charge in [0.1, 0.15) is 0 Å². The van der Waals surface area contributed by atoms with E-state index in [4.69, 9.17) is 14.6 Å². The van der Waals surface area contributed by atoms with E-state index in [1.54, 1.807) is 0 Å². The van der Waals surface area contributed by atoms with E-state index in [1.165, 1.54) is 0 Å². The smallest absolute Gasteiger partial charge is 0.303 e. The molecule has 8 nitrogen and oxygen atoms in total. The fourth-order valence-electron chi connectivity index (χ4n) is 2.72. The van der Waals surface area contributed by atoms with Gasteiger partial charge in [-0.3, -0.25) is 14.4 Å². The molecule has 2 unspecified atom stereocenters. The number of rotatable bonds is 16. The summed E-state index contributed by atoms with van der Waals surface area (Å²) >= 11 is 0. The molecule has 176 valence electrons. The van der Waals surface area contributed by atoms with Crippen LogP contribution < -0.4 is 10.6 Å². The van der Waals surface area contributed by atoms with Crippen molar-refractivity contribution >= 4 is 17.8 Å². The Labute approximate surface area is 181 Å². The van der Waals surface area contributed by atoms with E-state index < -0.39 is 11.4 Å². The highest BCUT2D eigenvalue weighted by Crippen LogP contribution is 2.22. The molecule has 2 atom stereocenters. The van der Waals surface area contributed by atoms with E-state index in [2.05, 4.69) is 10.6 Å². The van der Waals surface area contributed by atoms with Crippen LogP contribution in [-0.2, 0) is 23.9 Å². The van der Waals surface area contributed by atoms with Gasteiger partial charge in [0.2, 0.25) is 11.8 Å². The Morgan fingerprint density at radius 3 is 1.93 bits per heavy atom. The number of carbonyl (C=O) groups is 3. The predicted molar refractivity (Wildman–Crippen MR) is 116 cm³/mol. The first-order valence-corrected chi connectivity index (χ1v) is 10.7. The van der Waals surface area contributed by atoms with Crippen molar-refractivity contribution in [1.82, 2.24) is 10.6 Å². The van der Waals surface area contributed by atoms with Crippen molar-refractivity contribution < 1.29 is 29.0 Å². The number of amides is 2. The summed E-state index contributed by atoms with van der Waals surface area (Å²) in [7, 11) is 0. The van der Waals surface area contributed by atoms with Crippen molar-refractivity contribution in [3.8, 4) is 0 Å². The minimum Gasteiger partial charge on any atom is -0.481 e. The van der Waals surface area contributed by atoms with E-state index in [1.807, 2.05) is 48.5 Å². The van der Waals surface area contributed by atoms with Gasteiger partial charge in [-0.15, -0.1) is 0 Å². The summed E-state index contributed by atoms with van der Waals surface area (Å²) in [5.41, 5.74) is -0.834. The van der Waals surface area contributed by atoms with Gasteiger partial charge >= 0.3 is 5.97 Å². The SMILES string of the molecule is CCCNC(=O)CC(C)OCC(C)(C)CC(=O)NCC(C)OCC(C)(C)CC(=O)O. The topological polar surface area (TPSA) is 114 Å². The van der Waals surface area contributed by atoms with Crippen molar-refractivity contribution in [3.05, 3.63) is 0 Å². The molecule has 0 aliphatic heterocycles. The fraction of sp³-hybridized carbons (Fsp3) is 0.864. The molecular weight excluding hydrogens is 388 g/mol. The monoisotopic (exact) mass is 430 g/mol. The van der Waals surface area contributed by atoms with Crippen molar-refractivity contribution in [1.29, 1.82) is 0 Å². The third-order valence-corrected chi connectivity index (χ3v) is 4.42. The van der Waals surface area contributed by atoms with Crippen LogP contribution in [0.25, 0.3) is 0 Å². The molecule has 0 aromatic heterocycles. The molecule has 0 saturated heterocycles. The third kappa shape index (κ3) is 15.2. The Morgan fingerprint density at radius 1 is 0.867 bits per heavy atom. The zero-order valence-electron chi connectivity index (χ0n) is 19.8. The lowest BCUT2D eigenvalue weighted by atomic mass is 9.90. The van der Waals surface area contributed by atoms with E-state index in [-0.39, 0.29) is 35.9 Å². The molecule has 2 amide bonds. The molecule has 0 fully saturated rings. The van der Waals surface area contributed by atoms with Crippen LogP contribution in [0.3, 0.4) is 0 Å². The quantitative estimate of drug-likeness (QED) is 0.347. The molecule has 0 spiro atoms. The Bertz CT molecular complexity index is 548. The van der Waals surface area contributed by atoms with Gasteiger partial charge in [0.15, 0.2) is 0 Å². The van der Waals surface area contributed by atoms with Crippen LogP contribution >= 0.6 is 0 Å². The summed E-state index contributed by atoms with van der Waals surface area (Å²) in [6.45, 7) is 15.0. The van der Waals surface area contributed by atoms with Gasteiger partial charge in [0.05, 0.1) is 38.3 Å². The molecule has 0 bridgehead atoms. The zero-order chi connectivity index (χ0) is 23.4. The number of carbonyl (C=O) groups excluding carboxylic acids is 2. The molecule has 0 aromatic rings. The summed E-state index contributed by atoms with van der Waals surface area (Å²) in [6, 6.07) is 0. The van der Waals surface area contributed by atoms with E-state index >= 15 is 0 Å². The summed E-state index contributed by atoms with van der Waals surface area (Å²) in [5, 5.41) is 14.6. The molecule has 0 aliphatic rings. The fourth-order valence-corrected chi connectivity index (χ4v) is 2.72. The largest absolute Gasteiger partial charge is 0.481 e. The normalized spacial score (nSPS) is 14.1. The van der Waals surface area contributed by atoms with Crippen molar-refractivity contribution in [2.75, 3.05) is 26.3 Å². The lowest BCUT2D eigenvalue weighted by Crippen LogP contribution is -2.37. The van der Waals surface area contributed by atoms with Crippen LogP contribution in [0.4, 0.5) is 0 Å². The second kappa shape index (κ2) is 13.6. The molecule has 0 radical (unpaired) electrons. The molecule has 0 aliphatic carbocycles. The molecule has 0 heterocycles. The van der Waals surface area contributed by atoms with Gasteiger partial charge < -0.3 is 25.2 Å². The number of carboxylic acid groups (broad SMARTS) is 1. The predicted octanol–water partition coefficient (Wildman–Crippen LogP) is 2.75. The average molecular weight is 431 g/mol. The Morgan fingerprint density at radius 2 is 1.40 bits per heavy atom. The minimum atomic E-state index is -0.857. The first-order valence-electron chi connectivity index (χ1n) is 10.7. The highest BCUT2D eigenvalue weighted by atomic mass is 16.5. The van der Waals surface area contributed by atoms with E-state index in [9.17, 15) is 14.4 Å². The number of hydrogen-bond acceptors (Lipinski definition) is 5. The van der Waals surface area contributed by atoms with Gasteiger partial charge in [-0.05, 0) is 31.1 Å². The van der Waals surface area contributed by atoms with Crippen molar-refractivity contribution in [3.63, 3.8) is 0 Å². The summed E-state index contributed by atoms with van der Waals surface area (Å²) in [4.78, 5) is 34.9. The second-order valence-corrected chi connectivity index (χ2v) is 9.68. The summed E-state index contributed by atoms with van der Waals surface area (Å²) in [6.07, 6.45) is 1.08.